The minimum absolute atomic E-state index is 0.221. The van der Waals surface area contributed by atoms with E-state index in [1.165, 1.54) is 93.7 Å². The van der Waals surface area contributed by atoms with Gasteiger partial charge in [-0.15, -0.1) is 0 Å². The predicted octanol–water partition coefficient (Wildman–Crippen LogP) is 8.50. The van der Waals surface area contributed by atoms with Gasteiger partial charge >= 0.3 is 0 Å². The number of fused-ring (bicyclic) bond motifs is 7. The highest BCUT2D eigenvalue weighted by atomic mass is 32.2. The molecule has 0 N–H and O–H groups in total. The number of para-hydroxylation sites is 1. The monoisotopic (exact) mass is 593 g/mol. The lowest BCUT2D eigenvalue weighted by atomic mass is 9.36. The van der Waals surface area contributed by atoms with Crippen LogP contribution in [0, 0.1) is 0 Å². The molecule has 9 rings (SSSR count). The first-order valence-electron chi connectivity index (χ1n) is 14.9. The molecule has 0 atom stereocenters. The summed E-state index contributed by atoms with van der Waals surface area (Å²) in [6, 6.07) is 41.0. The highest BCUT2D eigenvalue weighted by Crippen LogP contribution is 2.42. The SMILES string of the molecule is c1ccc(Sc2ccc3c(c2)Sc2cccc4c2B3c2c(cccc2-n2c3c(c5ccccc52)CCCCC3)S4)cc1. The van der Waals surface area contributed by atoms with E-state index in [1.807, 2.05) is 35.3 Å². The summed E-state index contributed by atoms with van der Waals surface area (Å²) in [5, 5.41) is 1.44. The quantitative estimate of drug-likeness (QED) is 0.150. The van der Waals surface area contributed by atoms with Gasteiger partial charge in [0.2, 0.25) is 6.71 Å². The highest BCUT2D eigenvalue weighted by Gasteiger charge is 2.40. The fraction of sp³-hybridized carbons (Fsp3) is 0.135. The van der Waals surface area contributed by atoms with E-state index in [4.69, 9.17) is 0 Å². The summed E-state index contributed by atoms with van der Waals surface area (Å²) in [5.41, 5.74) is 10.2. The van der Waals surface area contributed by atoms with Crippen LogP contribution in [0.25, 0.3) is 16.6 Å². The molecule has 0 unspecified atom stereocenters. The Kier molecular flexibility index (Phi) is 6.13. The Morgan fingerprint density at radius 1 is 0.595 bits per heavy atom. The van der Waals surface area contributed by atoms with E-state index in [2.05, 4.69) is 114 Å². The van der Waals surface area contributed by atoms with E-state index >= 15 is 0 Å². The van der Waals surface area contributed by atoms with Crippen molar-refractivity contribution < 1.29 is 0 Å². The van der Waals surface area contributed by atoms with Crippen molar-refractivity contribution >= 4 is 69.3 Å². The Bertz CT molecular complexity index is 2010. The standard InChI is InChI=1S/C37H28BNS3/c1-3-11-24(12-4-1)40-25-21-22-28-35(23-25)42-34-20-10-19-33-37(34)38(28)36-31(17-9-18-32(36)41-33)39-29-15-6-2-5-13-26(29)27-14-7-8-16-30(27)39/h1,3-4,7-12,14,16-23H,2,5-6,13,15H2. The predicted molar refractivity (Wildman–Crippen MR) is 181 cm³/mol. The van der Waals surface area contributed by atoms with Crippen molar-refractivity contribution in [2.45, 2.75) is 61.5 Å². The van der Waals surface area contributed by atoms with Crippen LogP contribution in [0.1, 0.15) is 30.5 Å². The first-order valence-corrected chi connectivity index (χ1v) is 17.4. The van der Waals surface area contributed by atoms with Gasteiger partial charge in [-0.3, -0.25) is 0 Å². The van der Waals surface area contributed by atoms with Crippen LogP contribution in [0.5, 0.6) is 0 Å². The average Bonchev–Trinajstić information content (AvgIpc) is 3.15. The maximum atomic E-state index is 2.66. The van der Waals surface area contributed by atoms with Crippen LogP contribution in [0.15, 0.2) is 139 Å². The number of hydrogen-bond donors (Lipinski definition) is 0. The zero-order valence-corrected chi connectivity index (χ0v) is 25.6. The third kappa shape index (κ3) is 3.97. The Morgan fingerprint density at radius 2 is 1.33 bits per heavy atom. The molecule has 1 nitrogen and oxygen atoms in total. The molecule has 5 aromatic carbocycles. The molecule has 3 heterocycles. The summed E-state index contributed by atoms with van der Waals surface area (Å²) < 4.78 is 2.66. The molecule has 3 aliphatic rings. The Hall–Kier alpha value is -3.25. The molecule has 0 saturated carbocycles. The zero-order valence-electron chi connectivity index (χ0n) is 23.2. The van der Waals surface area contributed by atoms with E-state index in [0.717, 1.165) is 6.42 Å². The molecular formula is C37H28BNS3. The van der Waals surface area contributed by atoms with Crippen molar-refractivity contribution in [1.82, 2.24) is 4.57 Å². The molecule has 202 valence electrons. The van der Waals surface area contributed by atoms with Gasteiger partial charge in [0.1, 0.15) is 0 Å². The molecule has 6 aromatic rings. The smallest absolute Gasteiger partial charge is 0.249 e. The lowest BCUT2D eigenvalue weighted by molar-refractivity contribution is 0.704. The van der Waals surface area contributed by atoms with Gasteiger partial charge in [-0.2, -0.15) is 0 Å². The summed E-state index contributed by atoms with van der Waals surface area (Å²) in [7, 11) is 0. The van der Waals surface area contributed by atoms with E-state index < -0.39 is 0 Å². The van der Waals surface area contributed by atoms with Crippen LogP contribution < -0.4 is 16.4 Å². The third-order valence-corrected chi connectivity index (χ3v) is 12.3. The molecule has 5 heteroatoms. The maximum Gasteiger partial charge on any atom is 0.249 e. The maximum absolute atomic E-state index is 2.66. The number of aromatic nitrogens is 1. The van der Waals surface area contributed by atoms with E-state index in [9.17, 15) is 0 Å². The molecule has 1 aromatic heterocycles. The average molecular weight is 594 g/mol. The van der Waals surface area contributed by atoms with Crippen LogP contribution in [0.3, 0.4) is 0 Å². The summed E-state index contributed by atoms with van der Waals surface area (Å²) in [5.74, 6) is 0. The Labute approximate surface area is 260 Å². The fourth-order valence-corrected chi connectivity index (χ4v) is 10.7. The number of hydrogen-bond acceptors (Lipinski definition) is 3. The molecule has 0 radical (unpaired) electrons. The van der Waals surface area contributed by atoms with Crippen molar-refractivity contribution in [2.24, 2.45) is 0 Å². The summed E-state index contributed by atoms with van der Waals surface area (Å²) in [6.07, 6.45) is 6.21. The van der Waals surface area contributed by atoms with Gasteiger partial charge in [0.25, 0.3) is 0 Å². The van der Waals surface area contributed by atoms with E-state index in [1.54, 1.807) is 5.56 Å². The first kappa shape index (κ1) is 25.3. The Balaban J connectivity index is 1.27. The molecule has 0 fully saturated rings. The minimum Gasteiger partial charge on any atom is -0.314 e. The normalized spacial score (nSPS) is 15.0. The summed E-state index contributed by atoms with van der Waals surface area (Å²) in [4.78, 5) is 8.16. The highest BCUT2D eigenvalue weighted by molar-refractivity contribution is 8.01. The van der Waals surface area contributed by atoms with E-state index in [0.29, 0.717) is 0 Å². The van der Waals surface area contributed by atoms with Crippen LogP contribution in [-0.4, -0.2) is 11.3 Å². The zero-order chi connectivity index (χ0) is 27.6. The van der Waals surface area contributed by atoms with Crippen LogP contribution in [0.2, 0.25) is 0 Å². The van der Waals surface area contributed by atoms with Crippen LogP contribution in [0.4, 0.5) is 0 Å². The lowest BCUT2D eigenvalue weighted by Crippen LogP contribution is -2.59. The molecule has 0 saturated heterocycles. The third-order valence-electron chi connectivity index (χ3n) is 9.03. The largest absolute Gasteiger partial charge is 0.314 e. The van der Waals surface area contributed by atoms with Gasteiger partial charge in [-0.1, -0.05) is 102 Å². The van der Waals surface area contributed by atoms with Crippen molar-refractivity contribution in [1.29, 1.82) is 0 Å². The van der Waals surface area contributed by atoms with Gasteiger partial charge in [-0.05, 0) is 96.8 Å². The molecule has 42 heavy (non-hydrogen) atoms. The number of aryl methyl sites for hydroxylation is 1. The van der Waals surface area contributed by atoms with Crippen LogP contribution >= 0.6 is 35.3 Å². The number of benzene rings is 5. The van der Waals surface area contributed by atoms with Crippen molar-refractivity contribution in [2.75, 3.05) is 0 Å². The molecule has 2 aliphatic heterocycles. The topological polar surface area (TPSA) is 4.93 Å². The second-order valence-electron chi connectivity index (χ2n) is 11.4. The van der Waals surface area contributed by atoms with Gasteiger partial charge < -0.3 is 4.57 Å². The van der Waals surface area contributed by atoms with Crippen molar-refractivity contribution in [3.63, 3.8) is 0 Å². The van der Waals surface area contributed by atoms with Crippen molar-refractivity contribution in [3.8, 4) is 5.69 Å². The molecule has 0 amide bonds. The molecule has 1 aliphatic carbocycles. The molecule has 0 bridgehead atoms. The van der Waals surface area contributed by atoms with Crippen molar-refractivity contribution in [3.05, 3.63) is 120 Å². The lowest BCUT2D eigenvalue weighted by Gasteiger charge is -2.34. The molecule has 0 spiro atoms. The van der Waals surface area contributed by atoms with Gasteiger partial charge in [0.05, 0.1) is 5.52 Å². The summed E-state index contributed by atoms with van der Waals surface area (Å²) in [6.45, 7) is 0.221. The fourth-order valence-electron chi connectivity index (χ4n) is 7.26. The second kappa shape index (κ2) is 10.2. The number of rotatable bonds is 3. The van der Waals surface area contributed by atoms with Gasteiger partial charge in [0, 0.05) is 46.1 Å². The van der Waals surface area contributed by atoms with Gasteiger partial charge in [-0.25, -0.2) is 0 Å². The van der Waals surface area contributed by atoms with Crippen LogP contribution in [-0.2, 0) is 12.8 Å². The first-order chi connectivity index (χ1) is 20.8. The number of nitrogens with zero attached hydrogens (tertiary/aromatic N) is 1. The summed E-state index contributed by atoms with van der Waals surface area (Å²) >= 11 is 5.76. The molecular weight excluding hydrogens is 565 g/mol. The van der Waals surface area contributed by atoms with Gasteiger partial charge in [0.15, 0.2) is 0 Å². The Morgan fingerprint density at radius 3 is 2.21 bits per heavy atom. The second-order valence-corrected chi connectivity index (χ2v) is 14.8. The van der Waals surface area contributed by atoms with E-state index in [-0.39, 0.29) is 6.71 Å². The minimum atomic E-state index is 0.221.